The van der Waals surface area contributed by atoms with Crippen molar-refractivity contribution in [2.45, 2.75) is 6.92 Å². The minimum absolute atomic E-state index is 0.651. The second kappa shape index (κ2) is 12.6. The van der Waals surface area contributed by atoms with Crippen LogP contribution in [-0.2, 0) is 9.47 Å². The van der Waals surface area contributed by atoms with Crippen LogP contribution in [0.2, 0.25) is 0 Å². The van der Waals surface area contributed by atoms with Crippen molar-refractivity contribution in [2.75, 3.05) is 70.7 Å². The summed E-state index contributed by atoms with van der Waals surface area (Å²) >= 11 is 5.31. The molecule has 0 amide bonds. The van der Waals surface area contributed by atoms with E-state index >= 15 is 0 Å². The Kier molecular flexibility index (Phi) is 9.48. The van der Waals surface area contributed by atoms with Gasteiger partial charge in [-0.15, -0.1) is 0 Å². The first kappa shape index (κ1) is 23.4. The molecular formula is C23H32N4O3S. The number of morpholine rings is 2. The van der Waals surface area contributed by atoms with Gasteiger partial charge in [0, 0.05) is 50.7 Å². The van der Waals surface area contributed by atoms with Crippen molar-refractivity contribution in [1.82, 2.24) is 9.88 Å². The number of hydrogen-bond acceptors (Lipinski definition) is 7. The number of aromatic nitrogens is 1. The highest BCUT2D eigenvalue weighted by Crippen LogP contribution is 2.20. The van der Waals surface area contributed by atoms with Gasteiger partial charge in [0.25, 0.3) is 0 Å². The summed E-state index contributed by atoms with van der Waals surface area (Å²) in [4.78, 5) is 7.75. The lowest BCUT2D eigenvalue weighted by atomic mass is 10.2. The van der Waals surface area contributed by atoms with E-state index in [1.807, 2.05) is 43.3 Å². The van der Waals surface area contributed by atoms with E-state index < -0.39 is 0 Å². The van der Waals surface area contributed by atoms with Crippen LogP contribution in [0.25, 0.3) is 0 Å². The van der Waals surface area contributed by atoms with Gasteiger partial charge in [0.2, 0.25) is 0 Å². The molecule has 7 nitrogen and oxygen atoms in total. The lowest BCUT2D eigenvalue weighted by Gasteiger charge is -2.29. The molecule has 4 rings (SSSR count). The molecule has 2 fully saturated rings. The third-order valence-electron chi connectivity index (χ3n) is 5.16. The summed E-state index contributed by atoms with van der Waals surface area (Å²) < 4.78 is 17.3. The van der Waals surface area contributed by atoms with Crippen LogP contribution in [0.1, 0.15) is 11.1 Å². The lowest BCUT2D eigenvalue weighted by molar-refractivity contribution is 0.0320. The molecule has 0 bridgehead atoms. The average Bonchev–Trinajstić information content (AvgIpc) is 2.80. The predicted octanol–water partition coefficient (Wildman–Crippen LogP) is 3.28. The Bertz CT molecular complexity index is 877. The molecule has 0 spiro atoms. The van der Waals surface area contributed by atoms with E-state index in [2.05, 4.69) is 14.8 Å². The third-order valence-corrected chi connectivity index (χ3v) is 5.38. The number of hydrogen-bond donors (Lipinski definition) is 2. The first-order valence-electron chi connectivity index (χ1n) is 10.7. The molecule has 1 aromatic heterocycles. The minimum Gasteiger partial charge on any atom is -0.478 e. The molecule has 1 aromatic carbocycles. The normalized spacial score (nSPS) is 16.9. The molecule has 8 heteroatoms. The molecule has 2 aliphatic heterocycles. The highest BCUT2D eigenvalue weighted by Gasteiger charge is 2.13. The van der Waals surface area contributed by atoms with Gasteiger partial charge in [0.15, 0.2) is 5.88 Å². The second-order valence-electron chi connectivity index (χ2n) is 7.53. The Morgan fingerprint density at radius 2 is 1.77 bits per heavy atom. The molecule has 2 saturated heterocycles. The number of nitrogens with zero attached hydrogens (tertiary/aromatic N) is 2. The lowest BCUT2D eigenvalue weighted by Crippen LogP contribution is -2.38. The molecule has 2 aliphatic rings. The molecule has 0 unspecified atom stereocenters. The fourth-order valence-corrected chi connectivity index (χ4v) is 3.68. The molecular weight excluding hydrogens is 412 g/mol. The zero-order valence-electron chi connectivity index (χ0n) is 18.1. The van der Waals surface area contributed by atoms with Gasteiger partial charge in [-0.2, -0.15) is 0 Å². The Balaban J connectivity index is 0.000000254. The van der Waals surface area contributed by atoms with E-state index in [-0.39, 0.29) is 0 Å². The van der Waals surface area contributed by atoms with Crippen molar-refractivity contribution in [3.63, 3.8) is 0 Å². The number of aromatic amines is 1. The molecule has 2 aromatic rings. The van der Waals surface area contributed by atoms with Gasteiger partial charge in [-0.25, -0.2) is 0 Å². The molecule has 168 valence electrons. The largest absolute Gasteiger partial charge is 0.478 e. The van der Waals surface area contributed by atoms with Crippen molar-refractivity contribution in [3.8, 4) is 5.88 Å². The summed E-state index contributed by atoms with van der Waals surface area (Å²) in [6.07, 6.45) is 1.35. The minimum atomic E-state index is 0.651. The zero-order chi connectivity index (χ0) is 21.9. The predicted molar refractivity (Wildman–Crippen MR) is 126 cm³/mol. The number of aryl methyl sites for hydroxylation is 1. The smallest absolute Gasteiger partial charge is 0.193 e. The van der Waals surface area contributed by atoms with Crippen molar-refractivity contribution in [1.29, 1.82) is 5.41 Å². The van der Waals surface area contributed by atoms with Gasteiger partial charge in [-0.05, 0) is 18.6 Å². The summed E-state index contributed by atoms with van der Waals surface area (Å²) in [7, 11) is 0. The standard InChI is InChI=1S/C15H23N3O3S.C8H9N/c22-15-12-13(18-4-8-20-9-5-18)11-14(16-15)21-10-3-17-1-6-19-7-2-17;1-7-3-2-4-8(5-7)6-9/h11-12H,1-10H2,(H,16,22);2-6,9H,1H3. The van der Waals surface area contributed by atoms with Crippen LogP contribution in [0.3, 0.4) is 0 Å². The first-order valence-corrected chi connectivity index (χ1v) is 11.1. The van der Waals surface area contributed by atoms with Crippen LogP contribution in [0.4, 0.5) is 5.69 Å². The highest BCUT2D eigenvalue weighted by atomic mass is 32.1. The monoisotopic (exact) mass is 444 g/mol. The summed E-state index contributed by atoms with van der Waals surface area (Å²) in [6.45, 7) is 10.5. The van der Waals surface area contributed by atoms with E-state index in [4.69, 9.17) is 31.8 Å². The molecule has 0 radical (unpaired) electrons. The number of H-pyrrole nitrogens is 1. The Hall–Kier alpha value is -2.26. The Labute approximate surface area is 189 Å². The van der Waals surface area contributed by atoms with Crippen molar-refractivity contribution in [3.05, 3.63) is 52.2 Å². The average molecular weight is 445 g/mol. The molecule has 0 aliphatic carbocycles. The number of anilines is 1. The number of rotatable bonds is 6. The summed E-state index contributed by atoms with van der Waals surface area (Å²) in [5.74, 6) is 0.738. The molecule has 31 heavy (non-hydrogen) atoms. The van der Waals surface area contributed by atoms with Crippen molar-refractivity contribution in [2.24, 2.45) is 0 Å². The van der Waals surface area contributed by atoms with Crippen molar-refractivity contribution < 1.29 is 14.2 Å². The van der Waals surface area contributed by atoms with Gasteiger partial charge in [0.05, 0.1) is 26.4 Å². The maximum Gasteiger partial charge on any atom is 0.193 e. The first-order chi connectivity index (χ1) is 15.1. The summed E-state index contributed by atoms with van der Waals surface area (Å²) in [5.41, 5.74) is 3.28. The van der Waals surface area contributed by atoms with E-state index in [1.165, 1.54) is 11.8 Å². The maximum absolute atomic E-state index is 6.92. The van der Waals surface area contributed by atoms with E-state index in [9.17, 15) is 0 Å². The SMILES string of the molecule is Cc1cccc(C=N)c1.S=c1cc(N2CCOCC2)cc(OCCN2CCOCC2)[nH]1. The van der Waals surface area contributed by atoms with Crippen LogP contribution in [0, 0.1) is 17.0 Å². The number of benzene rings is 1. The zero-order valence-corrected chi connectivity index (χ0v) is 19.0. The van der Waals surface area contributed by atoms with Crippen LogP contribution in [0.15, 0.2) is 36.4 Å². The number of ether oxygens (including phenoxy) is 3. The second-order valence-corrected chi connectivity index (χ2v) is 7.97. The van der Waals surface area contributed by atoms with Gasteiger partial charge >= 0.3 is 0 Å². The number of pyridine rings is 1. The highest BCUT2D eigenvalue weighted by molar-refractivity contribution is 7.71. The third kappa shape index (κ3) is 8.06. The molecule has 0 saturated carbocycles. The van der Waals surface area contributed by atoms with E-state index in [0.29, 0.717) is 11.2 Å². The topological polar surface area (TPSA) is 73.8 Å². The van der Waals surface area contributed by atoms with Gasteiger partial charge in [0.1, 0.15) is 11.2 Å². The van der Waals surface area contributed by atoms with E-state index in [1.54, 1.807) is 0 Å². The molecule has 2 N–H and O–H groups in total. The van der Waals surface area contributed by atoms with E-state index in [0.717, 1.165) is 76.3 Å². The quantitative estimate of drug-likeness (QED) is 0.526. The van der Waals surface area contributed by atoms with Crippen LogP contribution < -0.4 is 9.64 Å². The maximum atomic E-state index is 6.92. The van der Waals surface area contributed by atoms with Crippen LogP contribution in [-0.4, -0.2) is 81.9 Å². The summed E-state index contributed by atoms with van der Waals surface area (Å²) in [5, 5.41) is 6.92. The fourth-order valence-electron chi connectivity index (χ4n) is 3.46. The summed E-state index contributed by atoms with van der Waals surface area (Å²) in [6, 6.07) is 11.9. The Morgan fingerprint density at radius 1 is 1.06 bits per heavy atom. The van der Waals surface area contributed by atoms with Crippen LogP contribution in [0.5, 0.6) is 5.88 Å². The molecule has 0 atom stereocenters. The van der Waals surface area contributed by atoms with Crippen molar-refractivity contribution >= 4 is 24.1 Å². The van der Waals surface area contributed by atoms with Gasteiger partial charge in [-0.3, -0.25) is 4.90 Å². The molecule has 3 heterocycles. The number of nitrogens with one attached hydrogen (secondary N) is 2. The van der Waals surface area contributed by atoms with Gasteiger partial charge in [-0.1, -0.05) is 42.0 Å². The fraction of sp³-hybridized carbons (Fsp3) is 0.478. The Morgan fingerprint density at radius 3 is 2.42 bits per heavy atom. The van der Waals surface area contributed by atoms with Gasteiger partial charge < -0.3 is 29.5 Å². The van der Waals surface area contributed by atoms with Crippen LogP contribution >= 0.6 is 12.2 Å².